The van der Waals surface area contributed by atoms with Crippen molar-refractivity contribution in [2.24, 2.45) is 0 Å². The van der Waals surface area contributed by atoms with Gasteiger partial charge in [-0.1, -0.05) is 12.5 Å². The molecule has 0 radical (unpaired) electrons. The van der Waals surface area contributed by atoms with Crippen molar-refractivity contribution < 1.29 is 9.53 Å². The predicted molar refractivity (Wildman–Crippen MR) is 84.0 cm³/mol. The van der Waals surface area contributed by atoms with Crippen LogP contribution in [0.1, 0.15) is 25.7 Å². The van der Waals surface area contributed by atoms with Gasteiger partial charge in [-0.2, -0.15) is 0 Å². The van der Waals surface area contributed by atoms with Crippen LogP contribution >= 0.6 is 0 Å². The van der Waals surface area contributed by atoms with Crippen molar-refractivity contribution in [1.82, 2.24) is 4.90 Å². The summed E-state index contributed by atoms with van der Waals surface area (Å²) in [6, 6.07) is 8.41. The number of piperazine rings is 1. The molecule has 21 heavy (non-hydrogen) atoms. The number of hydrogen-bond acceptors (Lipinski definition) is 4. The Hall–Kier alpha value is -1.55. The first-order valence-electron chi connectivity index (χ1n) is 7.94. The van der Waals surface area contributed by atoms with E-state index in [4.69, 9.17) is 4.74 Å². The van der Waals surface area contributed by atoms with Crippen LogP contribution in [0, 0.1) is 0 Å². The second-order valence-electron chi connectivity index (χ2n) is 5.95. The lowest BCUT2D eigenvalue weighted by atomic mass is 9.92. The largest absolute Gasteiger partial charge is 0.497 e. The monoisotopic (exact) mass is 288 g/mol. The van der Waals surface area contributed by atoms with Crippen molar-refractivity contribution in [3.05, 3.63) is 24.3 Å². The lowest BCUT2D eigenvalue weighted by Gasteiger charge is -2.40. The summed E-state index contributed by atoms with van der Waals surface area (Å²) >= 11 is 0. The number of Topliss-reactive ketones (excluding diaryl/α,β-unsaturated/α-hetero) is 1. The van der Waals surface area contributed by atoms with Gasteiger partial charge in [-0.15, -0.1) is 0 Å². The van der Waals surface area contributed by atoms with Crippen molar-refractivity contribution in [2.75, 3.05) is 38.2 Å². The smallest absolute Gasteiger partial charge is 0.149 e. The molecule has 1 aromatic carbocycles. The van der Waals surface area contributed by atoms with Gasteiger partial charge in [0.2, 0.25) is 0 Å². The molecule has 1 saturated carbocycles. The third kappa shape index (κ3) is 3.21. The summed E-state index contributed by atoms with van der Waals surface area (Å²) in [7, 11) is 1.70. The van der Waals surface area contributed by atoms with Crippen LogP contribution in [0.15, 0.2) is 24.3 Å². The lowest BCUT2D eigenvalue weighted by molar-refractivity contribution is -0.126. The lowest BCUT2D eigenvalue weighted by Crippen LogP contribution is -2.53. The zero-order valence-electron chi connectivity index (χ0n) is 12.8. The van der Waals surface area contributed by atoms with E-state index in [1.807, 2.05) is 12.1 Å². The van der Waals surface area contributed by atoms with Gasteiger partial charge in [0.15, 0.2) is 0 Å². The second-order valence-corrected chi connectivity index (χ2v) is 5.95. The van der Waals surface area contributed by atoms with Crippen molar-refractivity contribution >= 4 is 11.5 Å². The van der Waals surface area contributed by atoms with Gasteiger partial charge in [0.25, 0.3) is 0 Å². The third-order valence-electron chi connectivity index (χ3n) is 4.70. The molecule has 2 aliphatic rings. The molecule has 4 heteroatoms. The second kappa shape index (κ2) is 6.48. The maximum Gasteiger partial charge on any atom is 0.149 e. The van der Waals surface area contributed by atoms with E-state index in [0.29, 0.717) is 5.78 Å². The van der Waals surface area contributed by atoms with Crippen molar-refractivity contribution in [1.29, 1.82) is 0 Å². The Kier molecular flexibility index (Phi) is 4.44. The molecule has 2 fully saturated rings. The first-order chi connectivity index (χ1) is 10.3. The molecule has 1 unspecified atom stereocenters. The van der Waals surface area contributed by atoms with E-state index in [1.54, 1.807) is 7.11 Å². The Bertz CT molecular complexity index is 495. The van der Waals surface area contributed by atoms with Crippen molar-refractivity contribution in [3.63, 3.8) is 0 Å². The number of carbonyl (C=O) groups is 1. The van der Waals surface area contributed by atoms with Gasteiger partial charge < -0.3 is 9.64 Å². The molecule has 1 aromatic rings. The highest BCUT2D eigenvalue weighted by molar-refractivity contribution is 5.84. The SMILES string of the molecule is COc1cccc(N2CCN(C3CCCCC3=O)CC2)c1. The number of anilines is 1. The van der Waals surface area contributed by atoms with E-state index in [-0.39, 0.29) is 6.04 Å². The first-order valence-corrected chi connectivity index (χ1v) is 7.94. The minimum atomic E-state index is 0.186. The van der Waals surface area contributed by atoms with Crippen LogP contribution in [-0.2, 0) is 4.79 Å². The molecule has 114 valence electrons. The normalized spacial score (nSPS) is 24.1. The quantitative estimate of drug-likeness (QED) is 0.854. The van der Waals surface area contributed by atoms with E-state index in [0.717, 1.165) is 51.2 Å². The van der Waals surface area contributed by atoms with Crippen LogP contribution in [0.5, 0.6) is 5.75 Å². The van der Waals surface area contributed by atoms with E-state index in [9.17, 15) is 4.79 Å². The molecule has 1 heterocycles. The average Bonchev–Trinajstić information content (AvgIpc) is 2.56. The number of benzene rings is 1. The fourth-order valence-electron chi connectivity index (χ4n) is 3.45. The van der Waals surface area contributed by atoms with Gasteiger partial charge in [-0.25, -0.2) is 0 Å². The molecule has 1 aliphatic carbocycles. The Morgan fingerprint density at radius 2 is 1.95 bits per heavy atom. The van der Waals surface area contributed by atoms with Crippen LogP contribution in [0.25, 0.3) is 0 Å². The average molecular weight is 288 g/mol. The predicted octanol–water partition coefficient (Wildman–Crippen LogP) is 2.33. The summed E-state index contributed by atoms with van der Waals surface area (Å²) in [6.07, 6.45) is 4.12. The zero-order chi connectivity index (χ0) is 14.7. The van der Waals surface area contributed by atoms with Crippen LogP contribution in [0.2, 0.25) is 0 Å². The molecule has 0 N–H and O–H groups in total. The van der Waals surface area contributed by atoms with Gasteiger partial charge in [0.1, 0.15) is 11.5 Å². The van der Waals surface area contributed by atoms with Crippen LogP contribution in [0.4, 0.5) is 5.69 Å². The zero-order valence-corrected chi connectivity index (χ0v) is 12.8. The summed E-state index contributed by atoms with van der Waals surface area (Å²) < 4.78 is 5.29. The van der Waals surface area contributed by atoms with Crippen molar-refractivity contribution in [2.45, 2.75) is 31.7 Å². The Morgan fingerprint density at radius 1 is 1.14 bits per heavy atom. The number of hydrogen-bond donors (Lipinski definition) is 0. The van der Waals surface area contributed by atoms with E-state index >= 15 is 0 Å². The molecule has 1 atom stereocenters. The number of ketones is 1. The number of nitrogens with zero attached hydrogens (tertiary/aromatic N) is 2. The Labute approximate surface area is 126 Å². The molecule has 3 rings (SSSR count). The number of rotatable bonds is 3. The fourth-order valence-corrected chi connectivity index (χ4v) is 3.45. The van der Waals surface area contributed by atoms with E-state index < -0.39 is 0 Å². The van der Waals surface area contributed by atoms with Gasteiger partial charge in [-0.3, -0.25) is 9.69 Å². The van der Waals surface area contributed by atoms with Gasteiger partial charge in [-0.05, 0) is 25.0 Å². The Balaban J connectivity index is 1.60. The fraction of sp³-hybridized carbons (Fsp3) is 0.588. The molecule has 1 saturated heterocycles. The number of carbonyl (C=O) groups excluding carboxylic acids is 1. The maximum atomic E-state index is 12.1. The molecule has 0 amide bonds. The molecular weight excluding hydrogens is 264 g/mol. The summed E-state index contributed by atoms with van der Waals surface area (Å²) in [5.74, 6) is 1.36. The molecule has 4 nitrogen and oxygen atoms in total. The minimum Gasteiger partial charge on any atom is -0.497 e. The molecular formula is C17H24N2O2. The van der Waals surface area contributed by atoms with Gasteiger partial charge >= 0.3 is 0 Å². The summed E-state index contributed by atoms with van der Waals surface area (Å²) in [5, 5.41) is 0. The summed E-state index contributed by atoms with van der Waals surface area (Å²) in [5.41, 5.74) is 1.21. The molecule has 0 bridgehead atoms. The highest BCUT2D eigenvalue weighted by Crippen LogP contribution is 2.25. The van der Waals surface area contributed by atoms with Gasteiger partial charge in [0, 0.05) is 44.4 Å². The third-order valence-corrected chi connectivity index (χ3v) is 4.70. The van der Waals surface area contributed by atoms with E-state index in [1.165, 1.54) is 12.1 Å². The summed E-state index contributed by atoms with van der Waals surface area (Å²) in [6.45, 7) is 3.93. The van der Waals surface area contributed by atoms with E-state index in [2.05, 4.69) is 21.9 Å². The first kappa shape index (κ1) is 14.4. The minimum absolute atomic E-state index is 0.186. The Morgan fingerprint density at radius 3 is 2.67 bits per heavy atom. The standard InChI is InChI=1S/C17H24N2O2/c1-21-15-6-4-5-14(13-15)18-9-11-19(12-10-18)16-7-2-3-8-17(16)20/h4-6,13,16H,2-3,7-12H2,1H3. The highest BCUT2D eigenvalue weighted by Gasteiger charge is 2.30. The van der Waals surface area contributed by atoms with Crippen LogP contribution in [0.3, 0.4) is 0 Å². The molecule has 0 spiro atoms. The topological polar surface area (TPSA) is 32.8 Å². The van der Waals surface area contributed by atoms with Gasteiger partial charge in [0.05, 0.1) is 13.2 Å². The highest BCUT2D eigenvalue weighted by atomic mass is 16.5. The van der Waals surface area contributed by atoms with Crippen LogP contribution < -0.4 is 9.64 Å². The molecule has 1 aliphatic heterocycles. The van der Waals surface area contributed by atoms with Crippen molar-refractivity contribution in [3.8, 4) is 5.75 Å². The summed E-state index contributed by atoms with van der Waals surface area (Å²) in [4.78, 5) is 16.8. The van der Waals surface area contributed by atoms with Crippen LogP contribution in [-0.4, -0.2) is 50.0 Å². The number of ether oxygens (including phenoxy) is 1. The number of methoxy groups -OCH3 is 1. The molecule has 0 aromatic heterocycles. The maximum absolute atomic E-state index is 12.1.